The second kappa shape index (κ2) is 12.0. The summed E-state index contributed by atoms with van der Waals surface area (Å²) in [5, 5.41) is 4.89. The average Bonchev–Trinajstić information content (AvgIpc) is 3.72. The van der Waals surface area contributed by atoms with E-state index in [1.807, 2.05) is 0 Å². The fraction of sp³-hybridized carbons (Fsp3) is 0.286. The molecule has 0 saturated heterocycles. The van der Waals surface area contributed by atoms with E-state index in [4.69, 9.17) is 4.42 Å². The Morgan fingerprint density at radius 3 is 2.08 bits per heavy atom. The Labute approximate surface area is 355 Å². The van der Waals surface area contributed by atoms with Crippen molar-refractivity contribution in [1.29, 1.82) is 0 Å². The lowest BCUT2D eigenvalue weighted by molar-refractivity contribution is 0.195. The summed E-state index contributed by atoms with van der Waals surface area (Å²) < 4.78 is 7.12. The van der Waals surface area contributed by atoms with Gasteiger partial charge in [-0.3, -0.25) is 0 Å². The smallest absolute Gasteiger partial charge is 0.333 e. The molecule has 0 bridgehead atoms. The van der Waals surface area contributed by atoms with Crippen molar-refractivity contribution >= 4 is 73.2 Å². The van der Waals surface area contributed by atoms with E-state index in [9.17, 15) is 0 Å². The fourth-order valence-corrected chi connectivity index (χ4v) is 12.1. The average molecular weight is 781 g/mol. The summed E-state index contributed by atoms with van der Waals surface area (Å²) in [6, 6.07) is 48.7. The third-order valence-electron chi connectivity index (χ3n) is 15.5. The van der Waals surface area contributed by atoms with Crippen molar-refractivity contribution in [2.24, 2.45) is 0 Å². The molecule has 4 heterocycles. The molecule has 0 radical (unpaired) electrons. The summed E-state index contributed by atoms with van der Waals surface area (Å²) >= 11 is 0. The molecule has 12 rings (SSSR count). The number of para-hydroxylation sites is 1. The first-order chi connectivity index (χ1) is 28.8. The molecule has 2 unspecified atom stereocenters. The number of anilines is 4. The van der Waals surface area contributed by atoms with Crippen molar-refractivity contribution < 1.29 is 4.42 Å². The predicted molar refractivity (Wildman–Crippen MR) is 256 cm³/mol. The van der Waals surface area contributed by atoms with Crippen molar-refractivity contribution in [1.82, 2.24) is 0 Å². The molecular weight excluding hydrogens is 727 g/mol. The number of furan rings is 1. The summed E-state index contributed by atoms with van der Waals surface area (Å²) in [4.78, 5) is 5.61. The van der Waals surface area contributed by atoms with Crippen LogP contribution in [0.4, 0.5) is 22.7 Å². The van der Waals surface area contributed by atoms with Gasteiger partial charge in [0.1, 0.15) is 11.2 Å². The van der Waals surface area contributed by atoms with Crippen LogP contribution in [0.2, 0.25) is 0 Å². The largest absolute Gasteiger partial charge is 0.455 e. The highest BCUT2D eigenvalue weighted by atomic mass is 16.3. The molecule has 4 aliphatic rings. The predicted octanol–water partition coefficient (Wildman–Crippen LogP) is 14.0. The lowest BCUT2D eigenvalue weighted by Gasteiger charge is -2.53. The van der Waals surface area contributed by atoms with Crippen LogP contribution in [-0.2, 0) is 16.2 Å². The highest BCUT2D eigenvalue weighted by Crippen LogP contribution is 2.63. The van der Waals surface area contributed by atoms with Gasteiger partial charge < -0.3 is 14.1 Å². The van der Waals surface area contributed by atoms with E-state index in [0.29, 0.717) is 0 Å². The molecule has 296 valence electrons. The maximum atomic E-state index is 7.12. The minimum absolute atomic E-state index is 0.00411. The first-order valence-electron chi connectivity index (χ1n) is 22.3. The van der Waals surface area contributed by atoms with Crippen LogP contribution in [0.5, 0.6) is 0 Å². The van der Waals surface area contributed by atoms with Crippen LogP contribution in [0.3, 0.4) is 0 Å². The third-order valence-corrected chi connectivity index (χ3v) is 15.5. The van der Waals surface area contributed by atoms with Gasteiger partial charge in [-0.25, -0.2) is 0 Å². The van der Waals surface area contributed by atoms with Gasteiger partial charge >= 0.3 is 6.85 Å². The lowest BCUT2D eigenvalue weighted by atomic mass is 9.42. The van der Waals surface area contributed by atoms with Crippen LogP contribution in [0, 0.1) is 0 Å². The van der Waals surface area contributed by atoms with E-state index in [1.54, 1.807) is 0 Å². The standard InChI is InChI=1S/C56H53BN2O/c1-53(2,3)36-24-26-44(41(31-36)34-18-10-9-11-19-34)59-45-27-25-40-39-22-14-15-23-47(39)60-52(40)49(45)48-38-21-13-12-20-35(38)30-46-50(48)57(59)43-33-37(54(4,5)6)32-42-51(43)58(46)56(8)29-17-16-28-55(42,56)7/h9-15,18-27,30-33H,16-17,28-29H2,1-8H3. The number of fused-ring (bicyclic) bond motifs is 13. The molecule has 8 aromatic rings. The maximum absolute atomic E-state index is 7.12. The normalized spacial score (nSPS) is 20.4. The molecule has 0 N–H and O–H groups in total. The second-order valence-corrected chi connectivity index (χ2v) is 20.8. The molecule has 1 aromatic heterocycles. The lowest BCUT2D eigenvalue weighted by Crippen LogP contribution is -2.64. The number of hydrogen-bond donors (Lipinski definition) is 0. The molecule has 0 spiro atoms. The van der Waals surface area contributed by atoms with E-state index < -0.39 is 0 Å². The van der Waals surface area contributed by atoms with E-state index in [2.05, 4.69) is 192 Å². The molecule has 0 amide bonds. The number of rotatable bonds is 2. The van der Waals surface area contributed by atoms with Gasteiger partial charge in [-0.05, 0) is 117 Å². The summed E-state index contributed by atoms with van der Waals surface area (Å²) in [5.74, 6) is 0. The van der Waals surface area contributed by atoms with Crippen molar-refractivity contribution in [3.63, 3.8) is 0 Å². The molecule has 3 aliphatic heterocycles. The van der Waals surface area contributed by atoms with Crippen LogP contribution in [-0.4, -0.2) is 12.4 Å². The molecular formula is C56H53BN2O. The number of nitrogens with zero attached hydrogens (tertiary/aromatic N) is 2. The van der Waals surface area contributed by atoms with Crippen molar-refractivity contribution in [3.05, 3.63) is 144 Å². The Bertz CT molecular complexity index is 3130. The Morgan fingerprint density at radius 2 is 1.30 bits per heavy atom. The zero-order chi connectivity index (χ0) is 41.1. The van der Waals surface area contributed by atoms with Gasteiger partial charge in [-0.2, -0.15) is 0 Å². The van der Waals surface area contributed by atoms with Gasteiger partial charge in [-0.1, -0.05) is 152 Å². The summed E-state index contributed by atoms with van der Waals surface area (Å²) in [5.41, 5.74) is 19.1. The van der Waals surface area contributed by atoms with E-state index >= 15 is 0 Å². The van der Waals surface area contributed by atoms with Gasteiger partial charge in [0.15, 0.2) is 0 Å². The molecule has 2 atom stereocenters. The summed E-state index contributed by atoms with van der Waals surface area (Å²) in [7, 11) is 0. The quantitative estimate of drug-likeness (QED) is 0.163. The Kier molecular flexibility index (Phi) is 7.21. The molecule has 60 heavy (non-hydrogen) atoms. The molecule has 7 aromatic carbocycles. The van der Waals surface area contributed by atoms with Gasteiger partial charge in [-0.15, -0.1) is 0 Å². The summed E-state index contributed by atoms with van der Waals surface area (Å²) in [6.07, 6.45) is 4.86. The van der Waals surface area contributed by atoms with E-state index in [-0.39, 0.29) is 28.6 Å². The van der Waals surface area contributed by atoms with Gasteiger partial charge in [0.2, 0.25) is 0 Å². The monoisotopic (exact) mass is 780 g/mol. The van der Waals surface area contributed by atoms with Crippen LogP contribution < -0.4 is 20.6 Å². The Morgan fingerprint density at radius 1 is 0.600 bits per heavy atom. The van der Waals surface area contributed by atoms with E-state index in [0.717, 1.165) is 28.4 Å². The van der Waals surface area contributed by atoms with Crippen molar-refractivity contribution in [2.45, 2.75) is 103 Å². The van der Waals surface area contributed by atoms with Crippen LogP contribution in [0.25, 0.3) is 55.0 Å². The highest BCUT2D eigenvalue weighted by molar-refractivity contribution is 6.94. The highest BCUT2D eigenvalue weighted by Gasteiger charge is 2.62. The summed E-state index contributed by atoms with van der Waals surface area (Å²) in [6.45, 7) is 19.3. The molecule has 1 saturated carbocycles. The van der Waals surface area contributed by atoms with Crippen molar-refractivity contribution in [3.8, 4) is 22.3 Å². The first-order valence-corrected chi connectivity index (χ1v) is 22.3. The molecule has 4 heteroatoms. The van der Waals surface area contributed by atoms with Gasteiger partial charge in [0, 0.05) is 50.1 Å². The second-order valence-electron chi connectivity index (χ2n) is 20.8. The third kappa shape index (κ3) is 4.63. The maximum Gasteiger partial charge on any atom is 0.333 e. The zero-order valence-corrected chi connectivity index (χ0v) is 36.3. The van der Waals surface area contributed by atoms with Crippen LogP contribution >= 0.6 is 0 Å². The van der Waals surface area contributed by atoms with Gasteiger partial charge in [0.05, 0.1) is 5.54 Å². The van der Waals surface area contributed by atoms with Crippen LogP contribution in [0.15, 0.2) is 132 Å². The van der Waals surface area contributed by atoms with E-state index in [1.165, 1.54) is 103 Å². The Hall–Kier alpha value is -5.74. The number of benzene rings is 7. The van der Waals surface area contributed by atoms with Crippen LogP contribution in [0.1, 0.15) is 97.8 Å². The minimum Gasteiger partial charge on any atom is -0.455 e. The zero-order valence-electron chi connectivity index (χ0n) is 36.3. The topological polar surface area (TPSA) is 19.6 Å². The van der Waals surface area contributed by atoms with Crippen molar-refractivity contribution in [2.75, 3.05) is 9.71 Å². The number of hydrogen-bond acceptors (Lipinski definition) is 3. The minimum atomic E-state index is -0.0865. The fourth-order valence-electron chi connectivity index (χ4n) is 12.1. The molecule has 3 nitrogen and oxygen atoms in total. The molecule has 1 aliphatic carbocycles. The molecule has 1 fully saturated rings. The Balaban J connectivity index is 1.30. The van der Waals surface area contributed by atoms with Gasteiger partial charge in [0.25, 0.3) is 0 Å². The first kappa shape index (κ1) is 36.1. The SMILES string of the molecule is CC(C)(C)c1ccc(N2B3c4cc(C(C)(C)C)cc5c4N(c4cc6ccccc6c(c43)-c3c2ccc2c3oc3ccccc32)C2(C)CCCCC52C)c(-c2ccccc2)c1.